The third-order valence-corrected chi connectivity index (χ3v) is 2.18. The Morgan fingerprint density at radius 2 is 1.93 bits per heavy atom. The van der Waals surface area contributed by atoms with Gasteiger partial charge < -0.3 is 9.42 Å². The Bertz CT molecular complexity index is 408. The van der Waals surface area contributed by atoms with Crippen molar-refractivity contribution in [3.8, 4) is 0 Å². The monoisotopic (exact) mass is 188 g/mol. The Kier molecular flexibility index (Phi) is 2.23. The number of hydrogen-bond donors (Lipinski definition) is 0. The van der Waals surface area contributed by atoms with Gasteiger partial charge in [-0.2, -0.15) is 0 Å². The minimum atomic E-state index is 0.858. The van der Waals surface area contributed by atoms with Gasteiger partial charge in [0, 0.05) is 18.3 Å². The molecule has 0 bridgehead atoms. The second kappa shape index (κ2) is 3.54. The van der Waals surface area contributed by atoms with E-state index in [0.717, 1.165) is 17.1 Å². The number of aromatic nitrogens is 1. The Labute approximate surface area is 82.9 Å². The molecule has 0 saturated heterocycles. The first kappa shape index (κ1) is 8.81. The van der Waals surface area contributed by atoms with Crippen LogP contribution in [0.3, 0.4) is 0 Å². The zero-order chi connectivity index (χ0) is 9.97. The minimum absolute atomic E-state index is 0.858. The second-order valence-electron chi connectivity index (χ2n) is 3.22. The average molecular weight is 188 g/mol. The standard InChI is InChI=1S/C11H12N2O/c1-9-8-14-12-11(9)13(2)10-6-4-3-5-7-10/h3-8H,1-2H3. The topological polar surface area (TPSA) is 29.3 Å². The Morgan fingerprint density at radius 3 is 2.50 bits per heavy atom. The predicted molar refractivity (Wildman–Crippen MR) is 55.7 cm³/mol. The fourth-order valence-corrected chi connectivity index (χ4v) is 1.38. The molecule has 14 heavy (non-hydrogen) atoms. The van der Waals surface area contributed by atoms with E-state index in [1.54, 1.807) is 6.26 Å². The number of anilines is 2. The fraction of sp³-hybridized carbons (Fsp3) is 0.182. The molecule has 0 radical (unpaired) electrons. The molecule has 0 aliphatic heterocycles. The highest BCUT2D eigenvalue weighted by molar-refractivity contribution is 5.60. The molecular weight excluding hydrogens is 176 g/mol. The molecule has 1 heterocycles. The summed E-state index contributed by atoms with van der Waals surface area (Å²) in [4.78, 5) is 2.00. The molecule has 0 N–H and O–H groups in total. The first-order valence-electron chi connectivity index (χ1n) is 4.49. The van der Waals surface area contributed by atoms with Crippen LogP contribution >= 0.6 is 0 Å². The van der Waals surface area contributed by atoms with Gasteiger partial charge in [-0.15, -0.1) is 0 Å². The Morgan fingerprint density at radius 1 is 1.21 bits per heavy atom. The van der Waals surface area contributed by atoms with Crippen LogP contribution in [0.15, 0.2) is 41.1 Å². The molecule has 3 nitrogen and oxygen atoms in total. The molecule has 1 aromatic heterocycles. The van der Waals surface area contributed by atoms with Crippen LogP contribution in [0, 0.1) is 6.92 Å². The summed E-state index contributed by atoms with van der Waals surface area (Å²) in [6, 6.07) is 10.1. The molecule has 0 fully saturated rings. The van der Waals surface area contributed by atoms with Crippen LogP contribution in [-0.4, -0.2) is 12.2 Å². The summed E-state index contributed by atoms with van der Waals surface area (Å²) >= 11 is 0. The van der Waals surface area contributed by atoms with Gasteiger partial charge >= 0.3 is 0 Å². The van der Waals surface area contributed by atoms with Gasteiger partial charge in [0.25, 0.3) is 0 Å². The quantitative estimate of drug-likeness (QED) is 0.725. The van der Waals surface area contributed by atoms with E-state index in [0.29, 0.717) is 0 Å². The number of para-hydroxylation sites is 1. The van der Waals surface area contributed by atoms with Crippen molar-refractivity contribution in [1.29, 1.82) is 0 Å². The zero-order valence-corrected chi connectivity index (χ0v) is 8.27. The minimum Gasteiger partial charge on any atom is -0.362 e. The highest BCUT2D eigenvalue weighted by Crippen LogP contribution is 2.24. The van der Waals surface area contributed by atoms with Crippen molar-refractivity contribution in [1.82, 2.24) is 5.16 Å². The summed E-state index contributed by atoms with van der Waals surface area (Å²) in [5.74, 6) is 0.858. The van der Waals surface area contributed by atoms with E-state index in [4.69, 9.17) is 4.52 Å². The smallest absolute Gasteiger partial charge is 0.179 e. The highest BCUT2D eigenvalue weighted by Gasteiger charge is 2.09. The molecule has 0 spiro atoms. The SMILES string of the molecule is Cc1conc1N(C)c1ccccc1. The van der Waals surface area contributed by atoms with E-state index in [9.17, 15) is 0 Å². The van der Waals surface area contributed by atoms with Gasteiger partial charge in [0.15, 0.2) is 5.82 Å². The van der Waals surface area contributed by atoms with Crippen LogP contribution in [0.4, 0.5) is 11.5 Å². The van der Waals surface area contributed by atoms with Crippen LogP contribution in [0.25, 0.3) is 0 Å². The zero-order valence-electron chi connectivity index (χ0n) is 8.27. The molecule has 0 aliphatic rings. The van der Waals surface area contributed by atoms with E-state index in [1.807, 2.05) is 49.2 Å². The first-order chi connectivity index (χ1) is 6.79. The van der Waals surface area contributed by atoms with E-state index in [-0.39, 0.29) is 0 Å². The lowest BCUT2D eigenvalue weighted by molar-refractivity contribution is 0.420. The maximum atomic E-state index is 4.90. The molecule has 0 unspecified atom stereocenters. The van der Waals surface area contributed by atoms with E-state index in [2.05, 4.69) is 5.16 Å². The van der Waals surface area contributed by atoms with Crippen molar-refractivity contribution in [2.24, 2.45) is 0 Å². The summed E-state index contributed by atoms with van der Waals surface area (Å²) in [6.45, 7) is 1.98. The molecule has 0 atom stereocenters. The third-order valence-electron chi connectivity index (χ3n) is 2.18. The van der Waals surface area contributed by atoms with Gasteiger partial charge in [-0.1, -0.05) is 23.4 Å². The fourth-order valence-electron chi connectivity index (χ4n) is 1.38. The lowest BCUT2D eigenvalue weighted by Crippen LogP contribution is -2.10. The second-order valence-corrected chi connectivity index (χ2v) is 3.22. The van der Waals surface area contributed by atoms with Gasteiger partial charge in [0.05, 0.1) is 0 Å². The molecule has 0 amide bonds. The normalized spacial score (nSPS) is 10.1. The molecule has 2 aromatic rings. The van der Waals surface area contributed by atoms with Crippen molar-refractivity contribution in [2.45, 2.75) is 6.92 Å². The predicted octanol–water partition coefficient (Wildman–Crippen LogP) is 2.75. The molecule has 72 valence electrons. The largest absolute Gasteiger partial charge is 0.362 e. The van der Waals surface area contributed by atoms with Crippen LogP contribution < -0.4 is 4.90 Å². The Hall–Kier alpha value is -1.77. The van der Waals surface area contributed by atoms with E-state index < -0.39 is 0 Å². The maximum Gasteiger partial charge on any atom is 0.179 e. The van der Waals surface area contributed by atoms with Crippen molar-refractivity contribution in [2.75, 3.05) is 11.9 Å². The van der Waals surface area contributed by atoms with Crippen molar-refractivity contribution >= 4 is 11.5 Å². The molecule has 1 aromatic carbocycles. The van der Waals surface area contributed by atoms with Crippen molar-refractivity contribution < 1.29 is 4.52 Å². The van der Waals surface area contributed by atoms with Gasteiger partial charge in [0.2, 0.25) is 0 Å². The van der Waals surface area contributed by atoms with E-state index in [1.165, 1.54) is 0 Å². The van der Waals surface area contributed by atoms with Crippen LogP contribution in [0.2, 0.25) is 0 Å². The summed E-state index contributed by atoms with van der Waals surface area (Å²) in [5.41, 5.74) is 2.14. The number of benzene rings is 1. The molecule has 0 aliphatic carbocycles. The molecule has 0 saturated carbocycles. The highest BCUT2D eigenvalue weighted by atomic mass is 16.5. The van der Waals surface area contributed by atoms with Gasteiger partial charge in [0.1, 0.15) is 6.26 Å². The maximum absolute atomic E-state index is 4.90. The summed E-state index contributed by atoms with van der Waals surface area (Å²) in [6.07, 6.45) is 1.65. The molecular formula is C11H12N2O. The first-order valence-corrected chi connectivity index (χ1v) is 4.49. The third kappa shape index (κ3) is 1.48. The number of rotatable bonds is 2. The summed E-state index contributed by atoms with van der Waals surface area (Å²) in [5, 5.41) is 3.94. The van der Waals surface area contributed by atoms with Crippen LogP contribution in [0.5, 0.6) is 0 Å². The Balaban J connectivity index is 2.34. The van der Waals surface area contributed by atoms with Crippen LogP contribution in [-0.2, 0) is 0 Å². The molecule has 2 rings (SSSR count). The lowest BCUT2D eigenvalue weighted by Gasteiger charge is -2.16. The van der Waals surface area contributed by atoms with Crippen molar-refractivity contribution in [3.63, 3.8) is 0 Å². The number of aryl methyl sites for hydroxylation is 1. The summed E-state index contributed by atoms with van der Waals surface area (Å²) < 4.78 is 4.90. The molecule has 3 heteroatoms. The van der Waals surface area contributed by atoms with Gasteiger partial charge in [-0.3, -0.25) is 0 Å². The number of nitrogens with zero attached hydrogens (tertiary/aromatic N) is 2. The average Bonchev–Trinajstić information content (AvgIpc) is 2.65. The van der Waals surface area contributed by atoms with Crippen molar-refractivity contribution in [3.05, 3.63) is 42.2 Å². The van der Waals surface area contributed by atoms with Crippen LogP contribution in [0.1, 0.15) is 5.56 Å². The lowest BCUT2D eigenvalue weighted by atomic mass is 10.3. The summed E-state index contributed by atoms with van der Waals surface area (Å²) in [7, 11) is 1.97. The van der Waals surface area contributed by atoms with E-state index >= 15 is 0 Å². The number of hydrogen-bond acceptors (Lipinski definition) is 3. The van der Waals surface area contributed by atoms with Gasteiger partial charge in [-0.25, -0.2) is 0 Å². The van der Waals surface area contributed by atoms with Gasteiger partial charge in [-0.05, 0) is 19.1 Å².